The Labute approximate surface area is 136 Å². The SMILES string of the molecule is O=C(CCC1CCS(=O)(=O)C1)Nc1cc(C(F)(F)F)ccc1Cl. The average Bonchev–Trinajstić information content (AvgIpc) is 2.77. The average molecular weight is 370 g/mol. The van der Waals surface area contributed by atoms with Crippen molar-refractivity contribution < 1.29 is 26.4 Å². The zero-order valence-electron chi connectivity index (χ0n) is 12.0. The van der Waals surface area contributed by atoms with E-state index in [9.17, 15) is 26.4 Å². The van der Waals surface area contributed by atoms with E-state index in [-0.39, 0.29) is 34.6 Å². The Morgan fingerprint density at radius 1 is 1.35 bits per heavy atom. The van der Waals surface area contributed by atoms with Crippen LogP contribution in [0, 0.1) is 5.92 Å². The van der Waals surface area contributed by atoms with Gasteiger partial charge in [0.15, 0.2) is 9.84 Å². The number of halogens is 4. The summed E-state index contributed by atoms with van der Waals surface area (Å²) in [7, 11) is -3.01. The molecule has 0 aliphatic carbocycles. The summed E-state index contributed by atoms with van der Waals surface area (Å²) in [5.41, 5.74) is -1.01. The largest absolute Gasteiger partial charge is 0.416 e. The van der Waals surface area contributed by atoms with Gasteiger partial charge in [-0.25, -0.2) is 8.42 Å². The molecule has 1 atom stereocenters. The van der Waals surface area contributed by atoms with Crippen molar-refractivity contribution in [1.29, 1.82) is 0 Å². The molecule has 1 saturated heterocycles. The third-order valence-corrected chi connectivity index (χ3v) is 5.84. The van der Waals surface area contributed by atoms with Crippen molar-refractivity contribution in [2.24, 2.45) is 5.92 Å². The van der Waals surface area contributed by atoms with Crippen LogP contribution in [0.4, 0.5) is 18.9 Å². The Hall–Kier alpha value is -1.28. The zero-order chi connectivity index (χ0) is 17.3. The molecular formula is C14H15ClF3NO3S. The molecule has 2 rings (SSSR count). The number of rotatable bonds is 4. The van der Waals surface area contributed by atoms with Crippen LogP contribution < -0.4 is 5.32 Å². The summed E-state index contributed by atoms with van der Waals surface area (Å²) in [5, 5.41) is 2.36. The second-order valence-corrected chi connectivity index (χ2v) is 8.18. The maximum Gasteiger partial charge on any atom is 0.416 e. The van der Waals surface area contributed by atoms with Gasteiger partial charge in [-0.05, 0) is 37.0 Å². The molecule has 0 radical (unpaired) electrons. The minimum Gasteiger partial charge on any atom is -0.325 e. The number of hydrogen-bond donors (Lipinski definition) is 1. The lowest BCUT2D eigenvalue weighted by Gasteiger charge is -2.12. The van der Waals surface area contributed by atoms with E-state index < -0.39 is 27.5 Å². The van der Waals surface area contributed by atoms with E-state index in [1.54, 1.807) is 0 Å². The van der Waals surface area contributed by atoms with E-state index in [1.165, 1.54) is 0 Å². The number of nitrogens with one attached hydrogen (secondary N) is 1. The lowest BCUT2D eigenvalue weighted by atomic mass is 10.0. The van der Waals surface area contributed by atoms with Gasteiger partial charge >= 0.3 is 6.18 Å². The fraction of sp³-hybridized carbons (Fsp3) is 0.500. The molecule has 0 saturated carbocycles. The maximum absolute atomic E-state index is 12.6. The molecule has 4 nitrogen and oxygen atoms in total. The molecule has 0 spiro atoms. The third kappa shape index (κ3) is 5.10. The van der Waals surface area contributed by atoms with Crippen LogP contribution in [0.1, 0.15) is 24.8 Å². The number of alkyl halides is 3. The summed E-state index contributed by atoms with van der Waals surface area (Å²) in [4.78, 5) is 11.8. The summed E-state index contributed by atoms with van der Waals surface area (Å²) >= 11 is 5.79. The number of carbonyl (C=O) groups excluding carboxylic acids is 1. The van der Waals surface area contributed by atoms with Gasteiger partial charge in [0, 0.05) is 6.42 Å². The molecule has 0 bridgehead atoms. The molecule has 1 aliphatic heterocycles. The van der Waals surface area contributed by atoms with E-state index in [2.05, 4.69) is 5.32 Å². The normalized spacial score (nSPS) is 20.4. The highest BCUT2D eigenvalue weighted by atomic mass is 35.5. The number of carbonyl (C=O) groups is 1. The first kappa shape index (κ1) is 18.1. The molecule has 1 aliphatic rings. The first-order valence-corrected chi connectivity index (χ1v) is 9.14. The lowest BCUT2D eigenvalue weighted by Crippen LogP contribution is -2.15. The van der Waals surface area contributed by atoms with Gasteiger partial charge in [-0.15, -0.1) is 0 Å². The minimum atomic E-state index is -4.53. The van der Waals surface area contributed by atoms with Crippen LogP contribution in [0.2, 0.25) is 5.02 Å². The van der Waals surface area contributed by atoms with E-state index in [1.807, 2.05) is 0 Å². The van der Waals surface area contributed by atoms with E-state index >= 15 is 0 Å². The first-order valence-electron chi connectivity index (χ1n) is 6.94. The Morgan fingerprint density at radius 2 is 2.04 bits per heavy atom. The van der Waals surface area contributed by atoms with Crippen LogP contribution >= 0.6 is 11.6 Å². The molecule has 1 aromatic rings. The summed E-state index contributed by atoms with van der Waals surface area (Å²) in [6, 6.07) is 2.69. The highest BCUT2D eigenvalue weighted by molar-refractivity contribution is 7.91. The van der Waals surface area contributed by atoms with Crippen molar-refractivity contribution in [3.8, 4) is 0 Å². The molecule has 1 N–H and O–H groups in total. The van der Waals surface area contributed by atoms with Crippen LogP contribution in [0.5, 0.6) is 0 Å². The molecule has 1 fully saturated rings. The zero-order valence-corrected chi connectivity index (χ0v) is 13.6. The second-order valence-electron chi connectivity index (χ2n) is 5.55. The lowest BCUT2D eigenvalue weighted by molar-refractivity contribution is -0.137. The van der Waals surface area contributed by atoms with Crippen LogP contribution in [0.15, 0.2) is 18.2 Å². The van der Waals surface area contributed by atoms with Gasteiger partial charge in [0.2, 0.25) is 5.91 Å². The Balaban J connectivity index is 1.95. The molecule has 1 amide bonds. The van der Waals surface area contributed by atoms with Crippen molar-refractivity contribution in [3.63, 3.8) is 0 Å². The van der Waals surface area contributed by atoms with Crippen molar-refractivity contribution in [2.45, 2.75) is 25.4 Å². The number of benzene rings is 1. The van der Waals surface area contributed by atoms with Gasteiger partial charge < -0.3 is 5.32 Å². The Morgan fingerprint density at radius 3 is 2.61 bits per heavy atom. The van der Waals surface area contributed by atoms with Crippen molar-refractivity contribution in [1.82, 2.24) is 0 Å². The molecule has 1 unspecified atom stereocenters. The molecule has 128 valence electrons. The van der Waals surface area contributed by atoms with Gasteiger partial charge in [0.05, 0.1) is 27.8 Å². The number of anilines is 1. The van der Waals surface area contributed by atoms with Crippen LogP contribution in [-0.4, -0.2) is 25.8 Å². The topological polar surface area (TPSA) is 63.2 Å². The van der Waals surface area contributed by atoms with E-state index in [0.717, 1.165) is 18.2 Å². The second kappa shape index (κ2) is 6.68. The smallest absolute Gasteiger partial charge is 0.325 e. The molecular weight excluding hydrogens is 355 g/mol. The van der Waals surface area contributed by atoms with Gasteiger partial charge in [-0.1, -0.05) is 11.6 Å². The van der Waals surface area contributed by atoms with Gasteiger partial charge in [-0.3, -0.25) is 4.79 Å². The number of hydrogen-bond acceptors (Lipinski definition) is 3. The number of amides is 1. The van der Waals surface area contributed by atoms with Gasteiger partial charge in [0.25, 0.3) is 0 Å². The molecule has 9 heteroatoms. The maximum atomic E-state index is 12.6. The van der Waals surface area contributed by atoms with Crippen molar-refractivity contribution in [2.75, 3.05) is 16.8 Å². The fourth-order valence-electron chi connectivity index (χ4n) is 2.44. The van der Waals surface area contributed by atoms with Crippen LogP contribution in [0.25, 0.3) is 0 Å². The van der Waals surface area contributed by atoms with Crippen molar-refractivity contribution >= 4 is 33.0 Å². The third-order valence-electron chi connectivity index (χ3n) is 3.67. The predicted octanol–water partition coefficient (Wildman–Crippen LogP) is 3.51. The Kier molecular flexibility index (Phi) is 5.25. The standard InChI is InChI=1S/C14H15ClF3NO3S/c15-11-3-2-10(14(16,17)18)7-12(11)19-13(20)4-1-9-5-6-23(21,22)8-9/h2-3,7,9H,1,4-6,8H2,(H,19,20). The fourth-order valence-corrected chi connectivity index (χ4v) is 4.52. The highest BCUT2D eigenvalue weighted by Gasteiger charge is 2.31. The molecule has 0 aromatic heterocycles. The van der Waals surface area contributed by atoms with Crippen molar-refractivity contribution in [3.05, 3.63) is 28.8 Å². The Bertz CT molecular complexity index is 704. The quantitative estimate of drug-likeness (QED) is 0.883. The minimum absolute atomic E-state index is 0.00907. The van der Waals surface area contributed by atoms with Gasteiger partial charge in [0.1, 0.15) is 0 Å². The predicted molar refractivity (Wildman–Crippen MR) is 81.1 cm³/mol. The van der Waals surface area contributed by atoms with Crippen LogP contribution in [0.3, 0.4) is 0 Å². The van der Waals surface area contributed by atoms with E-state index in [4.69, 9.17) is 11.6 Å². The van der Waals surface area contributed by atoms with E-state index in [0.29, 0.717) is 12.8 Å². The molecule has 23 heavy (non-hydrogen) atoms. The van der Waals surface area contributed by atoms with Gasteiger partial charge in [-0.2, -0.15) is 13.2 Å². The number of sulfone groups is 1. The molecule has 1 aromatic carbocycles. The monoisotopic (exact) mass is 369 g/mol. The summed E-state index contributed by atoms with van der Waals surface area (Å²) < 4.78 is 60.6. The summed E-state index contributed by atoms with van der Waals surface area (Å²) in [6.07, 6.45) is -3.60. The first-order chi connectivity index (χ1) is 10.6. The summed E-state index contributed by atoms with van der Waals surface area (Å²) in [5.74, 6) is -0.387. The molecule has 1 heterocycles. The summed E-state index contributed by atoms with van der Waals surface area (Å²) in [6.45, 7) is 0. The highest BCUT2D eigenvalue weighted by Crippen LogP contribution is 2.34. The van der Waals surface area contributed by atoms with Crippen LogP contribution in [-0.2, 0) is 20.8 Å².